The minimum absolute atomic E-state index is 0.146. The zero-order chi connectivity index (χ0) is 12.3. The summed E-state index contributed by atoms with van der Waals surface area (Å²) in [6.45, 7) is 3.40. The largest absolute Gasteiger partial charge is 0.383 e. The van der Waals surface area contributed by atoms with E-state index in [0.717, 1.165) is 0 Å². The Bertz CT molecular complexity index is 436. The summed E-state index contributed by atoms with van der Waals surface area (Å²) < 4.78 is 13.3. The van der Waals surface area contributed by atoms with Gasteiger partial charge in [-0.25, -0.2) is 4.39 Å². The Morgan fingerprint density at radius 1 is 1.38 bits per heavy atom. The van der Waals surface area contributed by atoms with Crippen molar-refractivity contribution in [1.82, 2.24) is 4.90 Å². The molecule has 0 atom stereocenters. The molecular weight excluding hydrogens is 205 g/mol. The number of carbonyl (C=O) groups is 1. The molecule has 2 nitrogen and oxygen atoms in total. The lowest BCUT2D eigenvalue weighted by Crippen LogP contribution is -2.08. The molecular formula is C13H16FNO. The van der Waals surface area contributed by atoms with Gasteiger partial charge in [0, 0.05) is 31.4 Å². The number of aryl methyl sites for hydroxylation is 1. The zero-order valence-electron chi connectivity index (χ0n) is 10.0. The molecule has 86 valence electrons. The van der Waals surface area contributed by atoms with Crippen LogP contribution in [0, 0.1) is 12.7 Å². The molecule has 1 aromatic carbocycles. The fraction of sp³-hybridized carbons (Fsp3) is 0.308. The first-order chi connectivity index (χ1) is 7.41. The Kier molecular flexibility index (Phi) is 3.82. The van der Waals surface area contributed by atoms with Crippen molar-refractivity contribution in [2.24, 2.45) is 0 Å². The molecule has 1 aromatic rings. The molecule has 0 aliphatic carbocycles. The molecule has 0 unspecified atom stereocenters. The third kappa shape index (κ3) is 2.92. The molecule has 0 saturated carbocycles. The average molecular weight is 221 g/mol. The molecule has 0 heterocycles. The van der Waals surface area contributed by atoms with Crippen molar-refractivity contribution >= 4 is 5.78 Å². The molecule has 0 aliphatic heterocycles. The van der Waals surface area contributed by atoms with Crippen LogP contribution in [-0.2, 0) is 0 Å². The van der Waals surface area contributed by atoms with E-state index in [4.69, 9.17) is 0 Å². The van der Waals surface area contributed by atoms with Gasteiger partial charge in [0.1, 0.15) is 5.82 Å². The number of carbonyl (C=O) groups excluding carboxylic acids is 1. The highest BCUT2D eigenvalue weighted by molar-refractivity contribution is 6.08. The smallest absolute Gasteiger partial charge is 0.190 e. The van der Waals surface area contributed by atoms with Crippen LogP contribution in [0.5, 0.6) is 0 Å². The maximum Gasteiger partial charge on any atom is 0.190 e. The number of benzene rings is 1. The van der Waals surface area contributed by atoms with Crippen molar-refractivity contribution in [3.05, 3.63) is 46.9 Å². The highest BCUT2D eigenvalue weighted by Crippen LogP contribution is 2.13. The number of allylic oxidation sites excluding steroid dienone is 1. The first kappa shape index (κ1) is 12.4. The van der Waals surface area contributed by atoms with Crippen LogP contribution in [0.2, 0.25) is 0 Å². The SMILES string of the molecule is C/C(=C/N(C)C)C(=O)c1ccc(C)c(F)c1. The number of ketones is 1. The van der Waals surface area contributed by atoms with Crippen molar-refractivity contribution in [2.45, 2.75) is 13.8 Å². The summed E-state index contributed by atoms with van der Waals surface area (Å²) >= 11 is 0. The number of Topliss-reactive ketones (excluding diaryl/α,β-unsaturated/α-hetero) is 1. The van der Waals surface area contributed by atoms with Gasteiger partial charge in [0.05, 0.1) is 0 Å². The van der Waals surface area contributed by atoms with Crippen LogP contribution in [-0.4, -0.2) is 24.8 Å². The third-order valence-electron chi connectivity index (χ3n) is 2.24. The molecule has 16 heavy (non-hydrogen) atoms. The highest BCUT2D eigenvalue weighted by Gasteiger charge is 2.10. The van der Waals surface area contributed by atoms with Crippen molar-refractivity contribution in [3.63, 3.8) is 0 Å². The van der Waals surface area contributed by atoms with Crippen LogP contribution in [0.25, 0.3) is 0 Å². The Balaban J connectivity index is 3.01. The molecule has 0 saturated heterocycles. The molecule has 0 amide bonds. The van der Waals surface area contributed by atoms with Gasteiger partial charge in [0.2, 0.25) is 0 Å². The number of halogens is 1. The van der Waals surface area contributed by atoms with Crippen molar-refractivity contribution in [3.8, 4) is 0 Å². The van der Waals surface area contributed by atoms with E-state index in [2.05, 4.69) is 0 Å². The van der Waals surface area contributed by atoms with Crippen LogP contribution in [0.1, 0.15) is 22.8 Å². The van der Waals surface area contributed by atoms with E-state index in [-0.39, 0.29) is 11.6 Å². The first-order valence-corrected chi connectivity index (χ1v) is 5.07. The van der Waals surface area contributed by atoms with Gasteiger partial charge in [-0.1, -0.05) is 12.1 Å². The quantitative estimate of drug-likeness (QED) is 0.578. The zero-order valence-corrected chi connectivity index (χ0v) is 10.0. The highest BCUT2D eigenvalue weighted by atomic mass is 19.1. The van der Waals surface area contributed by atoms with Crippen molar-refractivity contribution < 1.29 is 9.18 Å². The second kappa shape index (κ2) is 4.92. The fourth-order valence-corrected chi connectivity index (χ4v) is 1.41. The number of hydrogen-bond acceptors (Lipinski definition) is 2. The van der Waals surface area contributed by atoms with E-state index in [1.807, 2.05) is 14.1 Å². The van der Waals surface area contributed by atoms with Gasteiger partial charge in [-0.3, -0.25) is 4.79 Å². The predicted molar refractivity (Wildman–Crippen MR) is 62.9 cm³/mol. The van der Waals surface area contributed by atoms with E-state index in [9.17, 15) is 9.18 Å². The van der Waals surface area contributed by atoms with E-state index in [0.29, 0.717) is 16.7 Å². The summed E-state index contributed by atoms with van der Waals surface area (Å²) in [6, 6.07) is 4.55. The predicted octanol–water partition coefficient (Wildman–Crippen LogP) is 2.78. The fourth-order valence-electron chi connectivity index (χ4n) is 1.41. The second-order valence-electron chi connectivity index (χ2n) is 4.07. The molecule has 1 rings (SSSR count). The second-order valence-corrected chi connectivity index (χ2v) is 4.07. The summed E-state index contributed by atoms with van der Waals surface area (Å²) in [4.78, 5) is 13.7. The summed E-state index contributed by atoms with van der Waals surface area (Å²) in [6.07, 6.45) is 1.72. The number of hydrogen-bond donors (Lipinski definition) is 0. The number of nitrogens with zero attached hydrogens (tertiary/aromatic N) is 1. The Morgan fingerprint density at radius 3 is 2.50 bits per heavy atom. The van der Waals surface area contributed by atoms with Crippen LogP contribution in [0.3, 0.4) is 0 Å². The van der Waals surface area contributed by atoms with Crippen LogP contribution in [0.4, 0.5) is 4.39 Å². The topological polar surface area (TPSA) is 20.3 Å². The Labute approximate surface area is 95.4 Å². The standard InChI is InChI=1S/C13H16FNO/c1-9-5-6-11(7-12(9)14)13(16)10(2)8-15(3)4/h5-8H,1-4H3/b10-8-. The van der Waals surface area contributed by atoms with E-state index < -0.39 is 0 Å². The van der Waals surface area contributed by atoms with Gasteiger partial charge in [0.25, 0.3) is 0 Å². The molecule has 0 aromatic heterocycles. The molecule has 0 bridgehead atoms. The monoisotopic (exact) mass is 221 g/mol. The van der Waals surface area contributed by atoms with Crippen LogP contribution >= 0.6 is 0 Å². The summed E-state index contributed by atoms with van der Waals surface area (Å²) in [7, 11) is 3.68. The first-order valence-electron chi connectivity index (χ1n) is 5.07. The van der Waals surface area contributed by atoms with E-state index in [1.54, 1.807) is 37.1 Å². The van der Waals surface area contributed by atoms with Gasteiger partial charge < -0.3 is 4.90 Å². The van der Waals surface area contributed by atoms with E-state index >= 15 is 0 Å². The maximum absolute atomic E-state index is 13.3. The molecule has 0 aliphatic rings. The summed E-state index contributed by atoms with van der Waals surface area (Å²) in [5.41, 5.74) is 1.53. The lowest BCUT2D eigenvalue weighted by molar-refractivity contribution is 0.103. The van der Waals surface area contributed by atoms with Gasteiger partial charge in [-0.05, 0) is 25.5 Å². The lowest BCUT2D eigenvalue weighted by atomic mass is 10.0. The lowest BCUT2D eigenvalue weighted by Gasteiger charge is -2.08. The molecule has 0 spiro atoms. The van der Waals surface area contributed by atoms with Crippen molar-refractivity contribution in [1.29, 1.82) is 0 Å². The van der Waals surface area contributed by atoms with Gasteiger partial charge in [-0.15, -0.1) is 0 Å². The maximum atomic E-state index is 13.3. The van der Waals surface area contributed by atoms with Gasteiger partial charge in [-0.2, -0.15) is 0 Å². The third-order valence-corrected chi connectivity index (χ3v) is 2.24. The van der Waals surface area contributed by atoms with Crippen LogP contribution in [0.15, 0.2) is 30.0 Å². The number of rotatable bonds is 3. The average Bonchev–Trinajstić information content (AvgIpc) is 2.20. The normalized spacial score (nSPS) is 11.4. The summed E-state index contributed by atoms with van der Waals surface area (Å²) in [5.74, 6) is -0.490. The Morgan fingerprint density at radius 2 is 2.00 bits per heavy atom. The van der Waals surface area contributed by atoms with Gasteiger partial charge >= 0.3 is 0 Å². The molecule has 0 N–H and O–H groups in total. The molecule has 3 heteroatoms. The molecule has 0 fully saturated rings. The minimum Gasteiger partial charge on any atom is -0.383 e. The van der Waals surface area contributed by atoms with Crippen molar-refractivity contribution in [2.75, 3.05) is 14.1 Å². The van der Waals surface area contributed by atoms with Crippen LogP contribution < -0.4 is 0 Å². The molecule has 0 radical (unpaired) electrons. The van der Waals surface area contributed by atoms with E-state index in [1.165, 1.54) is 6.07 Å². The minimum atomic E-state index is -0.344. The van der Waals surface area contributed by atoms with Gasteiger partial charge in [0.15, 0.2) is 5.78 Å². The summed E-state index contributed by atoms with van der Waals surface area (Å²) in [5, 5.41) is 0. The Hall–Kier alpha value is -1.64.